The lowest BCUT2D eigenvalue weighted by Gasteiger charge is -2.25. The number of rotatable bonds is 4. The van der Waals surface area contributed by atoms with Crippen LogP contribution in [0.3, 0.4) is 0 Å². The standard InChI is InChI=1S/C16H18N2O3/c1-19-13-4-3-12-7-11(10-21-14(12)9-13)8-15-17-6-5-16(18-15)20-2/h3-6,9,11H,7-8,10H2,1-2H3. The van der Waals surface area contributed by atoms with Gasteiger partial charge in [-0.05, 0) is 18.1 Å². The van der Waals surface area contributed by atoms with Gasteiger partial charge in [0.05, 0.1) is 20.8 Å². The van der Waals surface area contributed by atoms with Gasteiger partial charge in [0.2, 0.25) is 5.88 Å². The summed E-state index contributed by atoms with van der Waals surface area (Å²) in [6, 6.07) is 7.72. The first-order valence-electron chi connectivity index (χ1n) is 6.94. The summed E-state index contributed by atoms with van der Waals surface area (Å²) in [5.41, 5.74) is 1.20. The topological polar surface area (TPSA) is 53.5 Å². The van der Waals surface area contributed by atoms with Gasteiger partial charge in [-0.3, -0.25) is 0 Å². The molecule has 2 heterocycles. The third-order valence-corrected chi connectivity index (χ3v) is 3.62. The minimum atomic E-state index is 0.373. The smallest absolute Gasteiger partial charge is 0.216 e. The molecular weight excluding hydrogens is 268 g/mol. The summed E-state index contributed by atoms with van der Waals surface area (Å²) in [6.07, 6.45) is 3.46. The number of hydrogen-bond acceptors (Lipinski definition) is 5. The van der Waals surface area contributed by atoms with Crippen molar-refractivity contribution in [2.24, 2.45) is 5.92 Å². The van der Waals surface area contributed by atoms with Crippen molar-refractivity contribution >= 4 is 0 Å². The number of nitrogens with zero attached hydrogens (tertiary/aromatic N) is 2. The Hall–Kier alpha value is -2.30. The first kappa shape index (κ1) is 13.7. The van der Waals surface area contributed by atoms with E-state index in [1.807, 2.05) is 12.1 Å². The van der Waals surface area contributed by atoms with Gasteiger partial charge in [-0.25, -0.2) is 4.98 Å². The van der Waals surface area contributed by atoms with Crippen molar-refractivity contribution < 1.29 is 14.2 Å². The predicted octanol–water partition coefficient (Wildman–Crippen LogP) is 2.29. The molecule has 110 valence electrons. The molecule has 2 aromatic rings. The highest BCUT2D eigenvalue weighted by molar-refractivity contribution is 5.42. The summed E-state index contributed by atoms with van der Waals surface area (Å²) in [4.78, 5) is 8.66. The second-order valence-corrected chi connectivity index (χ2v) is 5.07. The SMILES string of the molecule is COc1ccc2c(c1)OCC(Cc1nccc(OC)n1)C2. The maximum Gasteiger partial charge on any atom is 0.216 e. The fourth-order valence-corrected chi connectivity index (χ4v) is 2.52. The summed E-state index contributed by atoms with van der Waals surface area (Å²) in [5, 5.41) is 0. The molecule has 1 aromatic heterocycles. The average molecular weight is 286 g/mol. The molecule has 0 spiro atoms. The number of benzene rings is 1. The predicted molar refractivity (Wildman–Crippen MR) is 78.0 cm³/mol. The second-order valence-electron chi connectivity index (χ2n) is 5.07. The Bertz CT molecular complexity index is 631. The highest BCUT2D eigenvalue weighted by atomic mass is 16.5. The summed E-state index contributed by atoms with van der Waals surface area (Å²) in [5.74, 6) is 3.50. The van der Waals surface area contributed by atoms with Crippen LogP contribution in [-0.4, -0.2) is 30.8 Å². The van der Waals surface area contributed by atoms with E-state index in [9.17, 15) is 0 Å². The van der Waals surface area contributed by atoms with Crippen molar-refractivity contribution in [3.05, 3.63) is 41.9 Å². The van der Waals surface area contributed by atoms with Crippen LogP contribution < -0.4 is 14.2 Å². The lowest BCUT2D eigenvalue weighted by Crippen LogP contribution is -2.23. The molecule has 1 aliphatic rings. The summed E-state index contributed by atoms with van der Waals surface area (Å²) < 4.78 is 16.2. The van der Waals surface area contributed by atoms with Crippen LogP contribution in [0.15, 0.2) is 30.5 Å². The largest absolute Gasteiger partial charge is 0.497 e. The van der Waals surface area contributed by atoms with Gasteiger partial charge in [0, 0.05) is 30.7 Å². The molecule has 0 bridgehead atoms. The van der Waals surface area contributed by atoms with E-state index in [0.717, 1.165) is 30.2 Å². The molecular formula is C16H18N2O3. The number of hydrogen-bond donors (Lipinski definition) is 0. The van der Waals surface area contributed by atoms with Crippen LogP contribution in [0.5, 0.6) is 17.4 Å². The molecule has 0 radical (unpaired) electrons. The maximum atomic E-state index is 5.84. The van der Waals surface area contributed by atoms with Crippen LogP contribution in [-0.2, 0) is 12.8 Å². The molecule has 0 saturated heterocycles. The molecule has 0 fully saturated rings. The van der Waals surface area contributed by atoms with Crippen molar-refractivity contribution in [3.8, 4) is 17.4 Å². The molecule has 3 rings (SSSR count). The van der Waals surface area contributed by atoms with Crippen molar-refractivity contribution in [2.45, 2.75) is 12.8 Å². The van der Waals surface area contributed by atoms with Gasteiger partial charge in [0.15, 0.2) is 0 Å². The molecule has 0 N–H and O–H groups in total. The maximum absolute atomic E-state index is 5.84. The first-order valence-corrected chi connectivity index (χ1v) is 6.94. The molecule has 0 saturated carbocycles. The van der Waals surface area contributed by atoms with Crippen molar-refractivity contribution in [3.63, 3.8) is 0 Å². The Kier molecular flexibility index (Phi) is 3.90. The van der Waals surface area contributed by atoms with Gasteiger partial charge in [-0.2, -0.15) is 4.98 Å². The lowest BCUT2D eigenvalue weighted by atomic mass is 9.93. The van der Waals surface area contributed by atoms with Crippen molar-refractivity contribution in [1.29, 1.82) is 0 Å². The van der Waals surface area contributed by atoms with Crippen LogP contribution in [0.1, 0.15) is 11.4 Å². The van der Waals surface area contributed by atoms with Gasteiger partial charge in [-0.1, -0.05) is 6.07 Å². The van der Waals surface area contributed by atoms with E-state index < -0.39 is 0 Å². The van der Waals surface area contributed by atoms with Gasteiger partial charge >= 0.3 is 0 Å². The minimum absolute atomic E-state index is 0.373. The van der Waals surface area contributed by atoms with E-state index in [4.69, 9.17) is 14.2 Å². The summed E-state index contributed by atoms with van der Waals surface area (Å²) in [6.45, 7) is 0.667. The number of aromatic nitrogens is 2. The Balaban J connectivity index is 1.71. The Morgan fingerprint density at radius 2 is 2.14 bits per heavy atom. The number of ether oxygens (including phenoxy) is 3. The van der Waals surface area contributed by atoms with Crippen LogP contribution >= 0.6 is 0 Å². The van der Waals surface area contributed by atoms with E-state index in [1.54, 1.807) is 26.5 Å². The van der Waals surface area contributed by atoms with Gasteiger partial charge < -0.3 is 14.2 Å². The van der Waals surface area contributed by atoms with Gasteiger partial charge in [-0.15, -0.1) is 0 Å². The number of fused-ring (bicyclic) bond motifs is 1. The summed E-state index contributed by atoms with van der Waals surface area (Å²) in [7, 11) is 3.27. The van der Waals surface area contributed by atoms with E-state index in [-0.39, 0.29) is 0 Å². The normalized spacial score (nSPS) is 16.8. The summed E-state index contributed by atoms with van der Waals surface area (Å²) >= 11 is 0. The fraction of sp³-hybridized carbons (Fsp3) is 0.375. The minimum Gasteiger partial charge on any atom is -0.497 e. The first-order chi connectivity index (χ1) is 10.3. The monoisotopic (exact) mass is 286 g/mol. The van der Waals surface area contributed by atoms with Gasteiger partial charge in [0.1, 0.15) is 17.3 Å². The van der Waals surface area contributed by atoms with Crippen LogP contribution in [0.25, 0.3) is 0 Å². The Morgan fingerprint density at radius 3 is 2.95 bits per heavy atom. The fourth-order valence-electron chi connectivity index (χ4n) is 2.52. The zero-order valence-corrected chi connectivity index (χ0v) is 12.2. The molecule has 0 amide bonds. The van der Waals surface area contributed by atoms with Crippen LogP contribution in [0.2, 0.25) is 0 Å². The molecule has 21 heavy (non-hydrogen) atoms. The third-order valence-electron chi connectivity index (χ3n) is 3.62. The Morgan fingerprint density at radius 1 is 1.24 bits per heavy atom. The van der Waals surface area contributed by atoms with E-state index in [2.05, 4.69) is 16.0 Å². The molecule has 5 nitrogen and oxygen atoms in total. The highest BCUT2D eigenvalue weighted by Crippen LogP contribution is 2.31. The molecule has 0 aliphatic carbocycles. The zero-order chi connectivity index (χ0) is 14.7. The highest BCUT2D eigenvalue weighted by Gasteiger charge is 2.21. The molecule has 1 aliphatic heterocycles. The quantitative estimate of drug-likeness (QED) is 0.863. The number of methoxy groups -OCH3 is 2. The second kappa shape index (κ2) is 5.99. The lowest BCUT2D eigenvalue weighted by molar-refractivity contribution is 0.218. The zero-order valence-electron chi connectivity index (χ0n) is 12.2. The van der Waals surface area contributed by atoms with E-state index >= 15 is 0 Å². The molecule has 1 aromatic carbocycles. The Labute approximate surface area is 123 Å². The molecule has 1 unspecified atom stereocenters. The molecule has 1 atom stereocenters. The van der Waals surface area contributed by atoms with Crippen molar-refractivity contribution in [2.75, 3.05) is 20.8 Å². The van der Waals surface area contributed by atoms with Crippen molar-refractivity contribution in [1.82, 2.24) is 9.97 Å². The van der Waals surface area contributed by atoms with E-state index in [0.29, 0.717) is 18.4 Å². The third kappa shape index (κ3) is 3.07. The van der Waals surface area contributed by atoms with Crippen LogP contribution in [0.4, 0.5) is 0 Å². The van der Waals surface area contributed by atoms with Crippen LogP contribution in [0, 0.1) is 5.92 Å². The molecule has 5 heteroatoms. The van der Waals surface area contributed by atoms with Gasteiger partial charge in [0.25, 0.3) is 0 Å². The van der Waals surface area contributed by atoms with E-state index in [1.165, 1.54) is 5.56 Å². The average Bonchev–Trinajstić information content (AvgIpc) is 2.54.